The molecule has 70 valence electrons. The van der Waals surface area contributed by atoms with E-state index in [1.54, 1.807) is 6.07 Å². The quantitative estimate of drug-likeness (QED) is 0.681. The lowest BCUT2D eigenvalue weighted by Gasteiger charge is -2.24. The van der Waals surface area contributed by atoms with E-state index in [0.717, 1.165) is 24.2 Å². The highest BCUT2D eigenvalue weighted by Gasteiger charge is 2.19. The van der Waals surface area contributed by atoms with E-state index in [1.807, 2.05) is 6.92 Å². The lowest BCUT2D eigenvalue weighted by Crippen LogP contribution is -2.19. The van der Waals surface area contributed by atoms with E-state index >= 15 is 0 Å². The van der Waals surface area contributed by atoms with Crippen molar-refractivity contribution in [2.75, 3.05) is 0 Å². The van der Waals surface area contributed by atoms with Crippen molar-refractivity contribution in [2.45, 2.75) is 25.9 Å². The predicted molar refractivity (Wildman–Crippen MR) is 52.5 cm³/mol. The molecule has 3 heteroatoms. The van der Waals surface area contributed by atoms with Gasteiger partial charge in [-0.1, -0.05) is 0 Å². The predicted octanol–water partition coefficient (Wildman–Crippen LogP) is 3.30. The molecule has 0 N–H and O–H groups in total. The van der Waals surface area contributed by atoms with E-state index in [1.165, 1.54) is 6.07 Å². The van der Waals surface area contributed by atoms with Crippen molar-refractivity contribution >= 4 is 15.9 Å². The van der Waals surface area contributed by atoms with E-state index in [0.29, 0.717) is 4.47 Å². The summed E-state index contributed by atoms with van der Waals surface area (Å²) in [6.45, 7) is 2.03. The van der Waals surface area contributed by atoms with Crippen LogP contribution >= 0.6 is 15.9 Å². The number of ether oxygens (including phenoxy) is 1. The van der Waals surface area contributed by atoms with Crippen molar-refractivity contribution in [1.82, 2.24) is 0 Å². The van der Waals surface area contributed by atoms with Crippen LogP contribution < -0.4 is 4.74 Å². The van der Waals surface area contributed by atoms with Gasteiger partial charge >= 0.3 is 0 Å². The molecule has 1 aliphatic heterocycles. The first kappa shape index (κ1) is 9.00. The molecule has 1 heterocycles. The molecule has 0 amide bonds. The van der Waals surface area contributed by atoms with Gasteiger partial charge in [0.25, 0.3) is 0 Å². The zero-order chi connectivity index (χ0) is 9.42. The van der Waals surface area contributed by atoms with E-state index in [2.05, 4.69) is 15.9 Å². The van der Waals surface area contributed by atoms with Gasteiger partial charge in [-0.3, -0.25) is 0 Å². The summed E-state index contributed by atoms with van der Waals surface area (Å²) in [5, 5.41) is 0. The maximum atomic E-state index is 13.0. The molecular weight excluding hydrogens is 235 g/mol. The average Bonchev–Trinajstić information content (AvgIpc) is 2.06. The minimum Gasteiger partial charge on any atom is -0.489 e. The molecule has 1 unspecified atom stereocenters. The Bertz CT molecular complexity index is 338. The second-order valence-corrected chi connectivity index (χ2v) is 4.20. The van der Waals surface area contributed by atoms with Gasteiger partial charge in [0.2, 0.25) is 0 Å². The van der Waals surface area contributed by atoms with Crippen LogP contribution in [0.15, 0.2) is 16.6 Å². The summed E-state index contributed by atoms with van der Waals surface area (Å²) in [5.74, 6) is 0.601. The highest BCUT2D eigenvalue weighted by atomic mass is 79.9. The minimum absolute atomic E-state index is 0.205. The highest BCUT2D eigenvalue weighted by Crippen LogP contribution is 2.35. The third kappa shape index (κ3) is 1.70. The second-order valence-electron chi connectivity index (χ2n) is 3.34. The number of halogens is 2. The maximum absolute atomic E-state index is 13.0. The molecule has 0 saturated carbocycles. The van der Waals surface area contributed by atoms with E-state index in [4.69, 9.17) is 4.74 Å². The molecule has 0 aromatic heterocycles. The molecule has 1 nitrogen and oxygen atoms in total. The zero-order valence-corrected chi connectivity index (χ0v) is 8.90. The topological polar surface area (TPSA) is 9.23 Å². The van der Waals surface area contributed by atoms with Gasteiger partial charge in [-0.15, -0.1) is 0 Å². The molecule has 1 aromatic carbocycles. The lowest BCUT2D eigenvalue weighted by molar-refractivity contribution is 0.190. The summed E-state index contributed by atoms with van der Waals surface area (Å²) in [5.41, 5.74) is 0.963. The number of hydrogen-bond acceptors (Lipinski definition) is 1. The normalized spacial score (nSPS) is 20.7. The minimum atomic E-state index is -0.205. The van der Waals surface area contributed by atoms with Gasteiger partial charge < -0.3 is 4.74 Å². The Morgan fingerprint density at radius 2 is 2.31 bits per heavy atom. The fraction of sp³-hybridized carbons (Fsp3) is 0.400. The van der Waals surface area contributed by atoms with Crippen molar-refractivity contribution in [3.05, 3.63) is 28.0 Å². The number of rotatable bonds is 0. The van der Waals surface area contributed by atoms with Crippen LogP contribution in [0.2, 0.25) is 0 Å². The van der Waals surface area contributed by atoms with E-state index in [9.17, 15) is 4.39 Å². The fourth-order valence-electron chi connectivity index (χ4n) is 1.55. The van der Waals surface area contributed by atoms with Gasteiger partial charge in [0.1, 0.15) is 11.6 Å². The second kappa shape index (κ2) is 3.29. The summed E-state index contributed by atoms with van der Waals surface area (Å²) in [7, 11) is 0. The Balaban J connectivity index is 2.47. The van der Waals surface area contributed by atoms with E-state index < -0.39 is 0 Å². The lowest BCUT2D eigenvalue weighted by atomic mass is 10.0. The molecule has 13 heavy (non-hydrogen) atoms. The van der Waals surface area contributed by atoms with Crippen LogP contribution in [0.5, 0.6) is 5.75 Å². The summed E-state index contributed by atoms with van der Waals surface area (Å²) >= 11 is 3.30. The molecule has 0 saturated heterocycles. The van der Waals surface area contributed by atoms with Crippen LogP contribution in [-0.2, 0) is 6.42 Å². The van der Waals surface area contributed by atoms with Gasteiger partial charge in [-0.2, -0.15) is 0 Å². The molecule has 2 rings (SSSR count). The fourth-order valence-corrected chi connectivity index (χ4v) is 2.12. The molecule has 0 radical (unpaired) electrons. The monoisotopic (exact) mass is 244 g/mol. The summed E-state index contributed by atoms with van der Waals surface area (Å²) in [6.07, 6.45) is 2.09. The smallest absolute Gasteiger partial charge is 0.137 e. The molecule has 1 aromatic rings. The van der Waals surface area contributed by atoms with Crippen LogP contribution in [0.3, 0.4) is 0 Å². The van der Waals surface area contributed by atoms with Crippen LogP contribution in [0.1, 0.15) is 18.9 Å². The van der Waals surface area contributed by atoms with Gasteiger partial charge in [-0.25, -0.2) is 4.39 Å². The Kier molecular flexibility index (Phi) is 2.28. The third-order valence-electron chi connectivity index (χ3n) is 2.22. The summed E-state index contributed by atoms with van der Waals surface area (Å²) in [4.78, 5) is 0. The largest absolute Gasteiger partial charge is 0.489 e. The molecule has 0 fully saturated rings. The van der Waals surface area contributed by atoms with Crippen LogP contribution in [0.4, 0.5) is 4.39 Å². The Morgan fingerprint density at radius 1 is 1.54 bits per heavy atom. The number of hydrogen-bond donors (Lipinski definition) is 0. The first-order chi connectivity index (χ1) is 6.16. The van der Waals surface area contributed by atoms with Crippen LogP contribution in [-0.4, -0.2) is 6.10 Å². The molecule has 1 aliphatic rings. The van der Waals surface area contributed by atoms with Crippen LogP contribution in [0, 0.1) is 5.82 Å². The Labute approximate surface area is 85.0 Å². The van der Waals surface area contributed by atoms with Gasteiger partial charge in [0.05, 0.1) is 10.6 Å². The van der Waals surface area contributed by atoms with Crippen molar-refractivity contribution in [3.63, 3.8) is 0 Å². The summed E-state index contributed by atoms with van der Waals surface area (Å²) in [6, 6.07) is 2.99. The van der Waals surface area contributed by atoms with Crippen molar-refractivity contribution in [1.29, 1.82) is 0 Å². The van der Waals surface area contributed by atoms with Crippen molar-refractivity contribution in [2.24, 2.45) is 0 Å². The van der Waals surface area contributed by atoms with Gasteiger partial charge in [0, 0.05) is 0 Å². The first-order valence-corrected chi connectivity index (χ1v) is 5.10. The number of fused-ring (bicyclic) bond motifs is 1. The van der Waals surface area contributed by atoms with Gasteiger partial charge in [0.15, 0.2) is 0 Å². The SMILES string of the molecule is CC1CCc2cc(F)cc(Br)c2O1. The highest BCUT2D eigenvalue weighted by molar-refractivity contribution is 9.10. The third-order valence-corrected chi connectivity index (χ3v) is 2.81. The average molecular weight is 245 g/mol. The Morgan fingerprint density at radius 3 is 3.08 bits per heavy atom. The Hall–Kier alpha value is -0.570. The van der Waals surface area contributed by atoms with Crippen molar-refractivity contribution in [3.8, 4) is 5.75 Å². The zero-order valence-electron chi connectivity index (χ0n) is 7.31. The standard InChI is InChI=1S/C10H10BrFO/c1-6-2-3-7-4-8(12)5-9(11)10(7)13-6/h4-6H,2-3H2,1H3. The van der Waals surface area contributed by atoms with Gasteiger partial charge in [-0.05, 0) is 53.4 Å². The summed E-state index contributed by atoms with van der Waals surface area (Å²) < 4.78 is 19.3. The molecule has 1 atom stereocenters. The first-order valence-electron chi connectivity index (χ1n) is 4.31. The molecule has 0 aliphatic carbocycles. The van der Waals surface area contributed by atoms with E-state index in [-0.39, 0.29) is 11.9 Å². The van der Waals surface area contributed by atoms with Crippen LogP contribution in [0.25, 0.3) is 0 Å². The number of benzene rings is 1. The maximum Gasteiger partial charge on any atom is 0.137 e. The molecule has 0 bridgehead atoms. The molecule has 0 spiro atoms. The number of aryl methyl sites for hydroxylation is 1. The molecular formula is C10H10BrFO. The van der Waals surface area contributed by atoms with Crippen molar-refractivity contribution < 1.29 is 9.13 Å².